The number of hydrogen-bond donors (Lipinski definition) is 1. The molecule has 0 heterocycles. The molecule has 0 aromatic heterocycles. The fourth-order valence-electron chi connectivity index (χ4n) is 2.65. The molecule has 0 fully saturated rings. The lowest BCUT2D eigenvalue weighted by Crippen LogP contribution is -2.39. The smallest absolute Gasteiger partial charge is 0.264 e. The minimum atomic E-state index is -4.15. The molecule has 0 radical (unpaired) electrons. The number of hydrazone groups is 1. The third-order valence-corrected chi connectivity index (χ3v) is 6.77. The Hall–Kier alpha value is -2.65. The van der Waals surface area contributed by atoms with Crippen LogP contribution < -0.4 is 9.73 Å². The van der Waals surface area contributed by atoms with E-state index in [1.54, 1.807) is 12.1 Å². The Balaban J connectivity index is 1.87. The van der Waals surface area contributed by atoms with Gasteiger partial charge in [0.15, 0.2) is 0 Å². The van der Waals surface area contributed by atoms with Gasteiger partial charge in [-0.2, -0.15) is 5.10 Å². The molecule has 0 aliphatic carbocycles. The number of carbonyl (C=O) groups is 1. The Morgan fingerprint density at radius 2 is 1.69 bits per heavy atom. The quantitative estimate of drug-likeness (QED) is 0.351. The normalized spacial score (nSPS) is 11.5. The Morgan fingerprint density at radius 3 is 2.34 bits per heavy atom. The maximum atomic E-state index is 13.8. The van der Waals surface area contributed by atoms with E-state index in [1.807, 2.05) is 0 Å². The molecule has 0 spiro atoms. The Morgan fingerprint density at radius 1 is 1.00 bits per heavy atom. The first-order valence-electron chi connectivity index (χ1n) is 8.98. The van der Waals surface area contributed by atoms with Crippen LogP contribution >= 0.6 is 34.8 Å². The summed E-state index contributed by atoms with van der Waals surface area (Å²) in [6.07, 6.45) is 1.03. The van der Waals surface area contributed by atoms with Crippen LogP contribution in [-0.4, -0.2) is 27.1 Å². The van der Waals surface area contributed by atoms with E-state index in [1.165, 1.54) is 54.6 Å². The van der Waals surface area contributed by atoms with Gasteiger partial charge >= 0.3 is 0 Å². The second kappa shape index (κ2) is 10.3. The topological polar surface area (TPSA) is 78.8 Å². The first-order valence-corrected chi connectivity index (χ1v) is 11.6. The minimum absolute atomic E-state index is 0.0186. The Bertz CT molecular complexity index is 1250. The van der Waals surface area contributed by atoms with Gasteiger partial charge in [0, 0.05) is 15.6 Å². The summed E-state index contributed by atoms with van der Waals surface area (Å²) in [7, 11) is -4.15. The van der Waals surface area contributed by atoms with Crippen molar-refractivity contribution in [2.24, 2.45) is 5.10 Å². The lowest BCUT2D eigenvalue weighted by Gasteiger charge is -2.23. The summed E-state index contributed by atoms with van der Waals surface area (Å²) < 4.78 is 41.2. The van der Waals surface area contributed by atoms with E-state index < -0.39 is 28.3 Å². The van der Waals surface area contributed by atoms with Gasteiger partial charge in [0.1, 0.15) is 12.4 Å². The molecule has 0 aliphatic heterocycles. The lowest BCUT2D eigenvalue weighted by atomic mass is 10.2. The highest BCUT2D eigenvalue weighted by Crippen LogP contribution is 2.26. The molecule has 166 valence electrons. The number of sulfonamides is 1. The van der Waals surface area contributed by atoms with Gasteiger partial charge in [0.25, 0.3) is 15.9 Å². The molecule has 0 atom stereocenters. The average Bonchev–Trinajstić information content (AvgIpc) is 2.74. The molecular formula is C21H15Cl3FN3O3S. The van der Waals surface area contributed by atoms with Crippen molar-refractivity contribution in [3.05, 3.63) is 93.2 Å². The van der Waals surface area contributed by atoms with Crippen molar-refractivity contribution in [1.82, 2.24) is 5.43 Å². The van der Waals surface area contributed by atoms with Crippen molar-refractivity contribution in [3.8, 4) is 0 Å². The van der Waals surface area contributed by atoms with E-state index >= 15 is 0 Å². The number of nitrogens with one attached hydrogen (secondary N) is 1. The molecule has 3 aromatic carbocycles. The van der Waals surface area contributed by atoms with Gasteiger partial charge in [-0.05, 0) is 54.6 Å². The van der Waals surface area contributed by atoms with Crippen LogP contribution in [0.4, 0.5) is 10.1 Å². The first kappa shape index (κ1) is 24.0. The van der Waals surface area contributed by atoms with E-state index in [2.05, 4.69) is 10.5 Å². The predicted molar refractivity (Wildman–Crippen MR) is 125 cm³/mol. The van der Waals surface area contributed by atoms with E-state index in [9.17, 15) is 17.6 Å². The molecule has 11 heteroatoms. The third-order valence-electron chi connectivity index (χ3n) is 4.17. The van der Waals surface area contributed by atoms with Gasteiger partial charge in [-0.3, -0.25) is 9.10 Å². The number of hydrogen-bond acceptors (Lipinski definition) is 4. The van der Waals surface area contributed by atoms with Crippen LogP contribution in [0, 0.1) is 5.82 Å². The van der Waals surface area contributed by atoms with Gasteiger partial charge in [0.2, 0.25) is 0 Å². The first-order chi connectivity index (χ1) is 15.2. The molecule has 1 amide bonds. The van der Waals surface area contributed by atoms with Gasteiger partial charge in [0.05, 0.1) is 21.8 Å². The maximum absolute atomic E-state index is 13.8. The van der Waals surface area contributed by atoms with Gasteiger partial charge in [-0.1, -0.05) is 46.9 Å². The summed E-state index contributed by atoms with van der Waals surface area (Å²) >= 11 is 17.8. The minimum Gasteiger partial charge on any atom is -0.271 e. The molecule has 32 heavy (non-hydrogen) atoms. The molecule has 0 saturated carbocycles. The molecule has 0 saturated heterocycles. The summed E-state index contributed by atoms with van der Waals surface area (Å²) in [5.41, 5.74) is 2.33. The molecule has 1 N–H and O–H groups in total. The lowest BCUT2D eigenvalue weighted by molar-refractivity contribution is -0.119. The Labute approximate surface area is 199 Å². The second-order valence-corrected chi connectivity index (χ2v) is 9.52. The molecule has 3 rings (SSSR count). The molecule has 0 aliphatic rings. The Kier molecular flexibility index (Phi) is 7.73. The highest BCUT2D eigenvalue weighted by atomic mass is 35.5. The van der Waals surface area contributed by atoms with Crippen molar-refractivity contribution < 1.29 is 17.6 Å². The highest BCUT2D eigenvalue weighted by molar-refractivity contribution is 7.92. The number of rotatable bonds is 7. The van der Waals surface area contributed by atoms with Crippen LogP contribution in [0.2, 0.25) is 15.1 Å². The van der Waals surface area contributed by atoms with Crippen LogP contribution in [-0.2, 0) is 14.8 Å². The fraction of sp³-hybridized carbons (Fsp3) is 0.0476. The van der Waals surface area contributed by atoms with Crippen molar-refractivity contribution in [2.75, 3.05) is 10.8 Å². The summed E-state index contributed by atoms with van der Waals surface area (Å²) in [4.78, 5) is 12.4. The molecule has 3 aromatic rings. The number of carbonyl (C=O) groups excluding carboxylic acids is 1. The zero-order valence-corrected chi connectivity index (χ0v) is 19.3. The largest absolute Gasteiger partial charge is 0.271 e. The number of halogens is 4. The van der Waals surface area contributed by atoms with Crippen molar-refractivity contribution in [1.29, 1.82) is 0 Å². The van der Waals surface area contributed by atoms with Crippen LogP contribution in [0.25, 0.3) is 0 Å². The van der Waals surface area contributed by atoms with Crippen LogP contribution in [0.3, 0.4) is 0 Å². The van der Waals surface area contributed by atoms with E-state index in [0.29, 0.717) is 5.02 Å². The predicted octanol–water partition coefficient (Wildman–Crippen LogP) is 5.13. The zero-order valence-electron chi connectivity index (χ0n) is 16.2. The molecule has 6 nitrogen and oxygen atoms in total. The van der Waals surface area contributed by atoms with Crippen molar-refractivity contribution in [3.63, 3.8) is 0 Å². The average molecular weight is 515 g/mol. The highest BCUT2D eigenvalue weighted by Gasteiger charge is 2.27. The van der Waals surface area contributed by atoms with E-state index in [4.69, 9.17) is 34.8 Å². The third kappa shape index (κ3) is 5.77. The monoisotopic (exact) mass is 513 g/mol. The molecule has 0 bridgehead atoms. The van der Waals surface area contributed by atoms with E-state index in [-0.39, 0.29) is 26.2 Å². The summed E-state index contributed by atoms with van der Waals surface area (Å²) in [5, 5.41) is 4.43. The van der Waals surface area contributed by atoms with Gasteiger partial charge < -0.3 is 0 Å². The standard InChI is InChI=1S/C21H15Cl3FN3O3S/c22-14-7-9-17(10-8-14)32(30,31)28(16-4-1-3-15(23)11-16)13-21(29)27-26-12-18-19(24)5-2-6-20(18)25/h1-12H,13H2,(H,27,29)/b26-12-. The van der Waals surface area contributed by atoms with Gasteiger partial charge in [-0.15, -0.1) is 0 Å². The maximum Gasteiger partial charge on any atom is 0.264 e. The second-order valence-electron chi connectivity index (χ2n) is 6.37. The van der Waals surface area contributed by atoms with Crippen molar-refractivity contribution >= 4 is 62.6 Å². The fourth-order valence-corrected chi connectivity index (χ4v) is 4.58. The molecular weight excluding hydrogens is 500 g/mol. The SMILES string of the molecule is O=C(CN(c1cccc(Cl)c1)S(=O)(=O)c1ccc(Cl)cc1)N/N=C\c1c(F)cccc1Cl. The number of benzene rings is 3. The number of anilines is 1. The molecule has 0 unspecified atom stereocenters. The van der Waals surface area contributed by atoms with Gasteiger partial charge in [-0.25, -0.2) is 18.2 Å². The van der Waals surface area contributed by atoms with Crippen LogP contribution in [0.1, 0.15) is 5.56 Å². The van der Waals surface area contributed by atoms with Crippen LogP contribution in [0.15, 0.2) is 76.7 Å². The zero-order chi connectivity index (χ0) is 23.3. The summed E-state index contributed by atoms with van der Waals surface area (Å²) in [5.74, 6) is -1.40. The van der Waals surface area contributed by atoms with E-state index in [0.717, 1.165) is 10.5 Å². The number of amides is 1. The summed E-state index contributed by atoms with van der Waals surface area (Å²) in [6, 6.07) is 15.6. The summed E-state index contributed by atoms with van der Waals surface area (Å²) in [6.45, 7) is -0.617. The van der Waals surface area contributed by atoms with Crippen LogP contribution in [0.5, 0.6) is 0 Å². The van der Waals surface area contributed by atoms with Crippen molar-refractivity contribution in [2.45, 2.75) is 4.90 Å². The number of nitrogens with zero attached hydrogens (tertiary/aromatic N) is 2.